The Labute approximate surface area is 150 Å². The number of nitrogens with one attached hydrogen (secondary N) is 1. The van der Waals surface area contributed by atoms with Gasteiger partial charge in [-0.3, -0.25) is 9.59 Å². The van der Waals surface area contributed by atoms with Crippen LogP contribution in [0.5, 0.6) is 0 Å². The fourth-order valence-corrected chi connectivity index (χ4v) is 3.02. The number of rotatable bonds is 5. The van der Waals surface area contributed by atoms with Crippen molar-refractivity contribution < 1.29 is 23.1 Å². The number of furan rings is 1. The van der Waals surface area contributed by atoms with Crippen LogP contribution in [0.2, 0.25) is 0 Å². The summed E-state index contributed by atoms with van der Waals surface area (Å²) >= 11 is 0. The second-order valence-electron chi connectivity index (χ2n) is 6.29. The van der Waals surface area contributed by atoms with Gasteiger partial charge >= 0.3 is 0 Å². The fourth-order valence-electron chi connectivity index (χ4n) is 3.02. The van der Waals surface area contributed by atoms with Gasteiger partial charge in [0.2, 0.25) is 5.91 Å². The number of morpholine rings is 1. The number of carbonyl (C=O) groups is 2. The summed E-state index contributed by atoms with van der Waals surface area (Å²) in [4.78, 5) is 26.1. The van der Waals surface area contributed by atoms with E-state index in [1.807, 2.05) is 19.1 Å². The molecule has 2 aromatic rings. The van der Waals surface area contributed by atoms with Crippen LogP contribution in [-0.2, 0) is 20.7 Å². The van der Waals surface area contributed by atoms with Gasteiger partial charge in [-0.1, -0.05) is 12.1 Å². The maximum atomic E-state index is 13.2. The predicted octanol–water partition coefficient (Wildman–Crippen LogP) is 1.98. The Balaban J connectivity index is 1.69. The third-order valence-electron chi connectivity index (χ3n) is 4.42. The molecule has 0 unspecified atom stereocenters. The Kier molecular flexibility index (Phi) is 5.37. The Morgan fingerprint density at radius 3 is 2.65 bits per heavy atom. The molecule has 7 heteroatoms. The molecule has 2 amide bonds. The van der Waals surface area contributed by atoms with Crippen molar-refractivity contribution in [2.45, 2.75) is 25.5 Å². The molecule has 6 nitrogen and oxygen atoms in total. The first-order valence-electron chi connectivity index (χ1n) is 8.41. The van der Waals surface area contributed by atoms with Crippen molar-refractivity contribution in [2.24, 2.45) is 0 Å². The van der Waals surface area contributed by atoms with Crippen LogP contribution in [0.25, 0.3) is 0 Å². The zero-order valence-corrected chi connectivity index (χ0v) is 14.7. The summed E-state index contributed by atoms with van der Waals surface area (Å²) in [6, 6.07) is 8.85. The van der Waals surface area contributed by atoms with Crippen molar-refractivity contribution in [1.82, 2.24) is 10.2 Å². The van der Waals surface area contributed by atoms with E-state index < -0.39 is 12.1 Å². The minimum absolute atomic E-state index is 0.163. The van der Waals surface area contributed by atoms with E-state index in [1.54, 1.807) is 19.2 Å². The molecule has 0 spiro atoms. The quantitative estimate of drug-likeness (QED) is 0.885. The van der Waals surface area contributed by atoms with E-state index in [0.29, 0.717) is 18.5 Å². The first-order chi connectivity index (χ1) is 12.5. The van der Waals surface area contributed by atoms with Gasteiger partial charge in [0.1, 0.15) is 23.9 Å². The second kappa shape index (κ2) is 7.70. The topological polar surface area (TPSA) is 71.8 Å². The van der Waals surface area contributed by atoms with Crippen LogP contribution in [0.15, 0.2) is 40.8 Å². The van der Waals surface area contributed by atoms with Crippen molar-refractivity contribution in [3.05, 3.63) is 59.3 Å². The van der Waals surface area contributed by atoms with Crippen LogP contribution < -0.4 is 5.32 Å². The lowest BCUT2D eigenvalue weighted by Crippen LogP contribution is -2.53. The van der Waals surface area contributed by atoms with Gasteiger partial charge in [0.15, 0.2) is 6.10 Å². The fraction of sp³-hybridized carbons (Fsp3) is 0.368. The van der Waals surface area contributed by atoms with Gasteiger partial charge in [0.05, 0.1) is 6.04 Å². The molecule has 3 rings (SSSR count). The van der Waals surface area contributed by atoms with E-state index in [9.17, 15) is 14.0 Å². The highest BCUT2D eigenvalue weighted by atomic mass is 19.1. The van der Waals surface area contributed by atoms with Gasteiger partial charge in [-0.25, -0.2) is 4.39 Å². The van der Waals surface area contributed by atoms with Gasteiger partial charge in [-0.2, -0.15) is 0 Å². The number of hydrogen-bond acceptors (Lipinski definition) is 4. The zero-order chi connectivity index (χ0) is 18.7. The summed E-state index contributed by atoms with van der Waals surface area (Å²) < 4.78 is 24.2. The summed E-state index contributed by atoms with van der Waals surface area (Å²) in [7, 11) is 1.62. The lowest BCUT2D eigenvalue weighted by Gasteiger charge is -2.38. The van der Waals surface area contributed by atoms with E-state index in [1.165, 1.54) is 17.0 Å². The van der Waals surface area contributed by atoms with Crippen LogP contribution in [0, 0.1) is 12.7 Å². The van der Waals surface area contributed by atoms with E-state index in [4.69, 9.17) is 9.15 Å². The van der Waals surface area contributed by atoms with Crippen LogP contribution in [-0.4, -0.2) is 43.0 Å². The highest BCUT2D eigenvalue weighted by Crippen LogP contribution is 2.29. The number of carbonyl (C=O) groups excluding carboxylic acids is 2. The monoisotopic (exact) mass is 360 g/mol. The lowest BCUT2D eigenvalue weighted by molar-refractivity contribution is -0.162. The summed E-state index contributed by atoms with van der Waals surface area (Å²) in [5, 5.41) is 2.82. The number of aryl methyl sites for hydroxylation is 1. The molecule has 0 bridgehead atoms. The van der Waals surface area contributed by atoms with Crippen molar-refractivity contribution in [1.29, 1.82) is 0 Å². The minimum atomic E-state index is -0.860. The zero-order valence-electron chi connectivity index (χ0n) is 14.7. The molecule has 0 saturated carbocycles. The van der Waals surface area contributed by atoms with Crippen LogP contribution in [0.1, 0.15) is 23.1 Å². The van der Waals surface area contributed by atoms with Gasteiger partial charge in [0, 0.05) is 20.0 Å². The first-order valence-corrected chi connectivity index (χ1v) is 8.41. The SMILES string of the molecule is Cc1ccc(CCNC(=O)[C@H]2OCC(=O)N(C)[C@H]2c2ccc(F)cc2)o1. The smallest absolute Gasteiger partial charge is 0.251 e. The molecule has 1 aliphatic rings. The molecule has 2 heterocycles. The van der Waals surface area contributed by atoms with Crippen molar-refractivity contribution >= 4 is 11.8 Å². The Morgan fingerprint density at radius 1 is 1.27 bits per heavy atom. The number of halogens is 1. The molecule has 1 saturated heterocycles. The molecular formula is C19H21FN2O4. The second-order valence-corrected chi connectivity index (χ2v) is 6.29. The van der Waals surface area contributed by atoms with Crippen molar-refractivity contribution in [3.63, 3.8) is 0 Å². The number of nitrogens with zero attached hydrogens (tertiary/aromatic N) is 1. The molecule has 1 aliphatic heterocycles. The Morgan fingerprint density at radius 2 is 2.00 bits per heavy atom. The van der Waals surface area contributed by atoms with Gasteiger partial charge in [-0.15, -0.1) is 0 Å². The number of likely N-dealkylation sites (N-methyl/N-ethyl adjacent to an activating group) is 1. The molecule has 2 atom stereocenters. The molecule has 0 aliphatic carbocycles. The Bertz CT molecular complexity index is 787. The first kappa shape index (κ1) is 18.1. The van der Waals surface area contributed by atoms with E-state index in [-0.39, 0.29) is 24.2 Å². The largest absolute Gasteiger partial charge is 0.466 e. The highest BCUT2D eigenvalue weighted by molar-refractivity contribution is 5.86. The van der Waals surface area contributed by atoms with Crippen molar-refractivity contribution in [3.8, 4) is 0 Å². The number of hydrogen-bond donors (Lipinski definition) is 1. The molecule has 1 N–H and O–H groups in total. The predicted molar refractivity (Wildman–Crippen MR) is 91.8 cm³/mol. The van der Waals surface area contributed by atoms with Gasteiger partial charge < -0.3 is 19.4 Å². The standard InChI is InChI=1S/C19H21FN2O4/c1-12-3-8-15(26-12)9-10-21-19(24)18-17(22(2)16(23)11-25-18)13-4-6-14(20)7-5-13/h3-8,17-18H,9-11H2,1-2H3,(H,21,24)/t17-,18-/m0/s1. The maximum absolute atomic E-state index is 13.2. The number of ether oxygens (including phenoxy) is 1. The molecule has 26 heavy (non-hydrogen) atoms. The third kappa shape index (κ3) is 3.94. The van der Waals surface area contributed by atoms with Crippen LogP contribution in [0.3, 0.4) is 0 Å². The van der Waals surface area contributed by atoms with Crippen molar-refractivity contribution in [2.75, 3.05) is 20.2 Å². The average Bonchev–Trinajstić information content (AvgIpc) is 3.03. The summed E-state index contributed by atoms with van der Waals surface area (Å²) in [5.74, 6) is 0.679. The van der Waals surface area contributed by atoms with Crippen LogP contribution >= 0.6 is 0 Å². The molecular weight excluding hydrogens is 339 g/mol. The lowest BCUT2D eigenvalue weighted by atomic mass is 9.97. The summed E-state index contributed by atoms with van der Waals surface area (Å²) in [6.45, 7) is 2.08. The maximum Gasteiger partial charge on any atom is 0.251 e. The van der Waals surface area contributed by atoms with E-state index in [0.717, 1.165) is 11.5 Å². The minimum Gasteiger partial charge on any atom is -0.466 e. The Hall–Kier alpha value is -2.67. The van der Waals surface area contributed by atoms with Gasteiger partial charge in [-0.05, 0) is 36.8 Å². The number of amides is 2. The summed E-state index contributed by atoms with van der Waals surface area (Å²) in [5.41, 5.74) is 0.642. The van der Waals surface area contributed by atoms with Crippen LogP contribution in [0.4, 0.5) is 4.39 Å². The average molecular weight is 360 g/mol. The normalized spacial score (nSPS) is 20.3. The van der Waals surface area contributed by atoms with E-state index >= 15 is 0 Å². The molecule has 138 valence electrons. The van der Waals surface area contributed by atoms with Gasteiger partial charge in [0.25, 0.3) is 5.91 Å². The number of benzene rings is 1. The molecule has 1 fully saturated rings. The molecule has 1 aromatic heterocycles. The highest BCUT2D eigenvalue weighted by Gasteiger charge is 2.39. The molecule has 0 radical (unpaired) electrons. The van der Waals surface area contributed by atoms with E-state index in [2.05, 4.69) is 5.32 Å². The molecule has 1 aromatic carbocycles. The third-order valence-corrected chi connectivity index (χ3v) is 4.42. The summed E-state index contributed by atoms with van der Waals surface area (Å²) in [6.07, 6.45) is -0.302.